The number of aliphatic hydroxyl groups is 2. The van der Waals surface area contributed by atoms with Crippen molar-refractivity contribution < 1.29 is 32.0 Å². The van der Waals surface area contributed by atoms with E-state index in [1.165, 1.54) is 0 Å². The van der Waals surface area contributed by atoms with E-state index in [4.69, 9.17) is 13.3 Å². The topological polar surface area (TPSA) is 106 Å². The van der Waals surface area contributed by atoms with Crippen LogP contribution < -0.4 is 0 Å². The van der Waals surface area contributed by atoms with Crippen LogP contribution >= 0.6 is 0 Å². The van der Waals surface area contributed by atoms with Gasteiger partial charge in [-0.15, -0.1) is 0 Å². The number of rotatable bonds is 7. The van der Waals surface area contributed by atoms with E-state index >= 15 is 0 Å². The summed E-state index contributed by atoms with van der Waals surface area (Å²) in [6.07, 6.45) is 11.2. The van der Waals surface area contributed by atoms with Gasteiger partial charge in [0, 0.05) is 11.0 Å². The smallest absolute Gasteiger partial charge is 0.297 e. The van der Waals surface area contributed by atoms with Crippen molar-refractivity contribution in [3.8, 4) is 0 Å². The summed E-state index contributed by atoms with van der Waals surface area (Å²) in [4.78, 5) is 0.166. The van der Waals surface area contributed by atoms with Crippen LogP contribution in [0.15, 0.2) is 52.2 Å². The predicted molar refractivity (Wildman–Crippen MR) is 150 cm³/mol. The molecule has 0 radical (unpaired) electrons. The average Bonchev–Trinajstić information content (AvgIpc) is 3.54. The van der Waals surface area contributed by atoms with E-state index in [1.807, 2.05) is 13.0 Å². The molecule has 2 aromatic rings. The number of hydrogen-bond acceptors (Lipinski definition) is 7. The van der Waals surface area contributed by atoms with Gasteiger partial charge in [0.1, 0.15) is 5.60 Å². The van der Waals surface area contributed by atoms with Gasteiger partial charge in [-0.05, 0) is 106 Å². The second kappa shape index (κ2) is 9.94. The Morgan fingerprint density at radius 3 is 2.42 bits per heavy atom. The lowest BCUT2D eigenvalue weighted by Crippen LogP contribution is -2.64. The Hall–Kier alpha value is -1.71. The lowest BCUT2D eigenvalue weighted by molar-refractivity contribution is -0.239. The Kier molecular flexibility index (Phi) is 7.06. The molecule has 6 rings (SSSR count). The van der Waals surface area contributed by atoms with Gasteiger partial charge in [0.25, 0.3) is 10.1 Å². The first-order valence-corrected chi connectivity index (χ1v) is 16.4. The molecule has 220 valence electrons. The zero-order chi connectivity index (χ0) is 28.4. The molecule has 2 N–H and O–H groups in total. The quantitative estimate of drug-likeness (QED) is 0.323. The summed E-state index contributed by atoms with van der Waals surface area (Å²) in [6.45, 7) is 6.69. The van der Waals surface area contributed by atoms with Crippen LogP contribution in [0.4, 0.5) is 0 Å². The van der Waals surface area contributed by atoms with Gasteiger partial charge in [0.2, 0.25) is 0 Å². The molecule has 0 spiro atoms. The van der Waals surface area contributed by atoms with Crippen LogP contribution in [-0.4, -0.2) is 43.5 Å². The van der Waals surface area contributed by atoms with Crippen molar-refractivity contribution >= 4 is 10.1 Å². The van der Waals surface area contributed by atoms with Crippen LogP contribution in [0, 0.1) is 35.5 Å². The van der Waals surface area contributed by atoms with Crippen molar-refractivity contribution in [3.63, 3.8) is 0 Å². The minimum absolute atomic E-state index is 0.00450. The third-order valence-electron chi connectivity index (χ3n) is 11.9. The second-order valence-corrected chi connectivity index (χ2v) is 15.1. The zero-order valence-corrected chi connectivity index (χ0v) is 24.8. The standard InChI is InChI=1S/C32H44O7S/c1-22-4-7-26(8-5-22)40(35,36)39-19-18-38-25-10-13-29(2)23(20-25)6-9-28-27(29)11-14-30(3)31(33,15-16-32(28,30)34)24-12-17-37-21-24/h4-5,7-8,12,17,21,23,25,27-28,33-34H,6,9-11,13-16,18-20H2,1-3H3/t23-,25+,27+,28-,29+,30-,31+,32+/m1/s1. The van der Waals surface area contributed by atoms with Gasteiger partial charge in [-0.25, -0.2) is 0 Å². The second-order valence-electron chi connectivity index (χ2n) is 13.5. The largest absolute Gasteiger partial charge is 0.472 e. The Morgan fingerprint density at radius 1 is 0.925 bits per heavy atom. The highest BCUT2D eigenvalue weighted by atomic mass is 32.2. The van der Waals surface area contributed by atoms with Crippen molar-refractivity contribution in [2.75, 3.05) is 13.2 Å². The van der Waals surface area contributed by atoms with E-state index in [0.29, 0.717) is 24.7 Å². The van der Waals surface area contributed by atoms with E-state index in [0.717, 1.165) is 56.1 Å². The van der Waals surface area contributed by atoms with Crippen LogP contribution in [0.25, 0.3) is 0 Å². The van der Waals surface area contributed by atoms with Crippen molar-refractivity contribution in [1.82, 2.24) is 0 Å². The SMILES string of the molecule is Cc1ccc(S(=O)(=O)OCCO[C@H]2CC[C@@]3(C)[C@H](CC[C@@H]4[C@@H]3CC[C@]3(C)[C@@](O)(c5ccoc5)CC[C@]43O)C2)cc1. The summed E-state index contributed by atoms with van der Waals surface area (Å²) in [6, 6.07) is 8.51. The molecule has 8 atom stereocenters. The lowest BCUT2D eigenvalue weighted by Gasteiger charge is -2.64. The molecule has 0 aliphatic heterocycles. The van der Waals surface area contributed by atoms with Crippen LogP contribution in [0.2, 0.25) is 0 Å². The molecule has 7 nitrogen and oxygen atoms in total. The molecule has 0 bridgehead atoms. The third-order valence-corrected chi connectivity index (χ3v) is 13.3. The highest BCUT2D eigenvalue weighted by molar-refractivity contribution is 7.86. The van der Waals surface area contributed by atoms with Crippen LogP contribution in [0.3, 0.4) is 0 Å². The van der Waals surface area contributed by atoms with E-state index in [2.05, 4.69) is 13.8 Å². The Morgan fingerprint density at radius 2 is 1.70 bits per heavy atom. The summed E-state index contributed by atoms with van der Waals surface area (Å²) >= 11 is 0. The molecule has 4 fully saturated rings. The molecule has 1 aromatic carbocycles. The van der Waals surface area contributed by atoms with E-state index < -0.39 is 26.7 Å². The van der Waals surface area contributed by atoms with Crippen molar-refractivity contribution in [2.45, 2.75) is 101 Å². The maximum atomic E-state index is 12.5. The molecule has 0 saturated heterocycles. The van der Waals surface area contributed by atoms with Crippen molar-refractivity contribution in [1.29, 1.82) is 0 Å². The lowest BCUT2D eigenvalue weighted by atomic mass is 9.43. The highest BCUT2D eigenvalue weighted by Gasteiger charge is 2.72. The van der Waals surface area contributed by atoms with Gasteiger partial charge in [-0.1, -0.05) is 31.5 Å². The third kappa shape index (κ3) is 4.24. The highest BCUT2D eigenvalue weighted by Crippen LogP contribution is 2.71. The number of aryl methyl sites for hydroxylation is 1. The summed E-state index contributed by atoms with van der Waals surface area (Å²) in [5, 5.41) is 24.3. The number of furan rings is 1. The molecule has 4 aliphatic carbocycles. The normalized spacial score (nSPS) is 41.2. The number of benzene rings is 1. The molecule has 8 heteroatoms. The molecule has 40 heavy (non-hydrogen) atoms. The average molecular weight is 573 g/mol. The fourth-order valence-corrected chi connectivity index (χ4v) is 10.3. The van der Waals surface area contributed by atoms with Gasteiger partial charge >= 0.3 is 0 Å². The zero-order valence-electron chi connectivity index (χ0n) is 24.0. The monoisotopic (exact) mass is 572 g/mol. The molecule has 0 unspecified atom stereocenters. The maximum Gasteiger partial charge on any atom is 0.297 e. The summed E-state index contributed by atoms with van der Waals surface area (Å²) in [5.41, 5.74) is -0.662. The number of ether oxygens (including phenoxy) is 1. The Balaban J connectivity index is 1.08. The molecular formula is C32H44O7S. The predicted octanol–water partition coefficient (Wildman–Crippen LogP) is 5.72. The maximum absolute atomic E-state index is 12.5. The number of hydrogen-bond donors (Lipinski definition) is 2. The number of fused-ring (bicyclic) bond motifs is 5. The van der Waals surface area contributed by atoms with Crippen molar-refractivity contribution in [3.05, 3.63) is 54.0 Å². The molecule has 0 amide bonds. The Bertz CT molecular complexity index is 1310. The van der Waals surface area contributed by atoms with E-state index in [-0.39, 0.29) is 35.5 Å². The minimum Gasteiger partial charge on any atom is -0.472 e. The summed E-state index contributed by atoms with van der Waals surface area (Å²) < 4.78 is 41.7. The van der Waals surface area contributed by atoms with E-state index in [9.17, 15) is 18.6 Å². The van der Waals surface area contributed by atoms with Crippen molar-refractivity contribution in [2.24, 2.45) is 28.6 Å². The minimum atomic E-state index is -3.79. The van der Waals surface area contributed by atoms with Gasteiger partial charge < -0.3 is 19.4 Å². The Labute approximate surface area is 238 Å². The summed E-state index contributed by atoms with van der Waals surface area (Å²) in [5.74, 6) is 1.10. The fourth-order valence-electron chi connectivity index (χ4n) is 9.45. The van der Waals surface area contributed by atoms with Gasteiger partial charge in [0.15, 0.2) is 0 Å². The molecule has 4 saturated carbocycles. The first kappa shape index (κ1) is 28.4. The van der Waals surface area contributed by atoms with E-state index in [1.54, 1.807) is 36.8 Å². The first-order chi connectivity index (χ1) is 18.9. The first-order valence-electron chi connectivity index (χ1n) is 15.0. The van der Waals surface area contributed by atoms with Gasteiger partial charge in [-0.2, -0.15) is 8.42 Å². The van der Waals surface area contributed by atoms with Crippen LogP contribution in [-0.2, 0) is 24.6 Å². The molecule has 1 aromatic heterocycles. The van der Waals surface area contributed by atoms with Crippen LogP contribution in [0.5, 0.6) is 0 Å². The summed E-state index contributed by atoms with van der Waals surface area (Å²) in [7, 11) is -3.79. The molecular weight excluding hydrogens is 528 g/mol. The fraction of sp³-hybridized carbons (Fsp3) is 0.688. The van der Waals surface area contributed by atoms with Gasteiger partial charge in [-0.3, -0.25) is 4.18 Å². The van der Waals surface area contributed by atoms with Gasteiger partial charge in [0.05, 0.1) is 42.3 Å². The molecule has 1 heterocycles. The molecule has 4 aliphatic rings. The van der Waals surface area contributed by atoms with Crippen LogP contribution in [0.1, 0.15) is 82.8 Å².